The molecule has 1 saturated heterocycles. The van der Waals surface area contributed by atoms with Crippen molar-refractivity contribution < 1.29 is 18.7 Å². The minimum Gasteiger partial charge on any atom is -0.496 e. The highest BCUT2D eigenvalue weighted by Gasteiger charge is 2.29. The molecule has 1 aromatic heterocycles. The van der Waals surface area contributed by atoms with Crippen molar-refractivity contribution in [3.8, 4) is 5.75 Å². The van der Waals surface area contributed by atoms with E-state index in [0.29, 0.717) is 43.4 Å². The molecule has 26 heavy (non-hydrogen) atoms. The topological polar surface area (TPSA) is 88.8 Å². The largest absolute Gasteiger partial charge is 0.496 e. The standard InChI is InChI=1S/C18H22N4O4/c1-12(2)15-19-20-16(26-15)18(24)22-10-8-21(9-11-22)17(23)13-6-4-5-7-14(13)25-3/h4-7,12H,8-11H2,1-3H3. The van der Waals surface area contributed by atoms with Crippen LogP contribution in [-0.4, -0.2) is 65.1 Å². The average Bonchev–Trinajstić information content (AvgIpc) is 3.17. The molecule has 2 amide bonds. The van der Waals surface area contributed by atoms with E-state index < -0.39 is 0 Å². The molecule has 0 saturated carbocycles. The number of carbonyl (C=O) groups excluding carboxylic acids is 2. The SMILES string of the molecule is COc1ccccc1C(=O)N1CCN(C(=O)c2nnc(C(C)C)o2)CC1. The second-order valence-electron chi connectivity index (χ2n) is 6.38. The molecule has 3 rings (SSSR count). The zero-order valence-electron chi connectivity index (χ0n) is 15.1. The van der Waals surface area contributed by atoms with E-state index in [9.17, 15) is 9.59 Å². The Morgan fingerprint density at radius 1 is 1.04 bits per heavy atom. The summed E-state index contributed by atoms with van der Waals surface area (Å²) in [5.41, 5.74) is 0.522. The first-order valence-corrected chi connectivity index (χ1v) is 8.56. The minimum absolute atomic E-state index is 0.00166. The fraction of sp³-hybridized carbons (Fsp3) is 0.444. The number of piperazine rings is 1. The zero-order valence-corrected chi connectivity index (χ0v) is 15.1. The third-order valence-corrected chi connectivity index (χ3v) is 4.31. The van der Waals surface area contributed by atoms with Crippen molar-refractivity contribution >= 4 is 11.8 Å². The summed E-state index contributed by atoms with van der Waals surface area (Å²) in [6, 6.07) is 7.12. The third-order valence-electron chi connectivity index (χ3n) is 4.31. The Bertz CT molecular complexity index is 794. The monoisotopic (exact) mass is 358 g/mol. The van der Waals surface area contributed by atoms with E-state index in [4.69, 9.17) is 9.15 Å². The molecule has 0 radical (unpaired) electrons. The number of amides is 2. The number of nitrogens with zero attached hydrogens (tertiary/aromatic N) is 4. The summed E-state index contributed by atoms with van der Waals surface area (Å²) in [6.45, 7) is 5.55. The lowest BCUT2D eigenvalue weighted by molar-refractivity contribution is 0.0510. The van der Waals surface area contributed by atoms with E-state index in [1.54, 1.807) is 35.1 Å². The van der Waals surface area contributed by atoms with Gasteiger partial charge < -0.3 is 19.0 Å². The Kier molecular flexibility index (Phi) is 5.20. The van der Waals surface area contributed by atoms with Crippen LogP contribution in [0.1, 0.15) is 46.7 Å². The fourth-order valence-corrected chi connectivity index (χ4v) is 2.79. The predicted molar refractivity (Wildman–Crippen MR) is 93.2 cm³/mol. The van der Waals surface area contributed by atoms with Gasteiger partial charge in [0.15, 0.2) is 0 Å². The highest BCUT2D eigenvalue weighted by Crippen LogP contribution is 2.20. The maximum absolute atomic E-state index is 12.7. The van der Waals surface area contributed by atoms with Gasteiger partial charge in [-0.15, -0.1) is 10.2 Å². The van der Waals surface area contributed by atoms with E-state index in [-0.39, 0.29) is 23.6 Å². The van der Waals surface area contributed by atoms with E-state index >= 15 is 0 Å². The number of aromatic nitrogens is 2. The number of rotatable bonds is 4. The molecule has 8 nitrogen and oxygen atoms in total. The highest BCUT2D eigenvalue weighted by atomic mass is 16.5. The fourth-order valence-electron chi connectivity index (χ4n) is 2.79. The van der Waals surface area contributed by atoms with E-state index in [1.165, 1.54) is 0 Å². The summed E-state index contributed by atoms with van der Waals surface area (Å²) in [4.78, 5) is 28.5. The molecule has 138 valence electrons. The van der Waals surface area contributed by atoms with Crippen LogP contribution in [0.3, 0.4) is 0 Å². The summed E-state index contributed by atoms with van der Waals surface area (Å²) in [6.07, 6.45) is 0. The van der Waals surface area contributed by atoms with Gasteiger partial charge in [-0.05, 0) is 12.1 Å². The van der Waals surface area contributed by atoms with E-state index in [1.807, 2.05) is 19.9 Å². The molecule has 1 aliphatic rings. The van der Waals surface area contributed by atoms with Crippen molar-refractivity contribution in [2.24, 2.45) is 0 Å². The first-order chi connectivity index (χ1) is 12.5. The number of hydrogen-bond donors (Lipinski definition) is 0. The van der Waals surface area contributed by atoms with Gasteiger partial charge in [0.2, 0.25) is 5.89 Å². The second-order valence-corrected chi connectivity index (χ2v) is 6.38. The Morgan fingerprint density at radius 3 is 2.23 bits per heavy atom. The molecule has 2 aromatic rings. The van der Waals surface area contributed by atoms with Gasteiger partial charge in [0.1, 0.15) is 5.75 Å². The summed E-state index contributed by atoms with van der Waals surface area (Å²) in [5, 5.41) is 7.72. The molecule has 0 unspecified atom stereocenters. The van der Waals surface area contributed by atoms with Crippen molar-refractivity contribution in [2.45, 2.75) is 19.8 Å². The molecule has 1 aliphatic heterocycles. The van der Waals surface area contributed by atoms with E-state index in [2.05, 4.69) is 10.2 Å². The molecule has 2 heterocycles. The van der Waals surface area contributed by atoms with E-state index in [0.717, 1.165) is 0 Å². The van der Waals surface area contributed by atoms with Crippen LogP contribution in [0.2, 0.25) is 0 Å². The number of hydrogen-bond acceptors (Lipinski definition) is 6. The lowest BCUT2D eigenvalue weighted by Gasteiger charge is -2.34. The van der Waals surface area contributed by atoms with Crippen molar-refractivity contribution in [2.75, 3.05) is 33.3 Å². The number of ether oxygens (including phenoxy) is 1. The van der Waals surface area contributed by atoms with Crippen LogP contribution >= 0.6 is 0 Å². The van der Waals surface area contributed by atoms with Crippen LogP contribution in [0.15, 0.2) is 28.7 Å². The normalized spacial score (nSPS) is 14.6. The first-order valence-electron chi connectivity index (χ1n) is 8.56. The molecular weight excluding hydrogens is 336 g/mol. The maximum atomic E-state index is 12.7. The van der Waals surface area contributed by atoms with Crippen LogP contribution in [0.4, 0.5) is 0 Å². The van der Waals surface area contributed by atoms with Crippen LogP contribution in [0.25, 0.3) is 0 Å². The van der Waals surface area contributed by atoms with Crippen molar-refractivity contribution in [1.29, 1.82) is 0 Å². The molecule has 0 N–H and O–H groups in total. The Balaban J connectivity index is 1.63. The summed E-state index contributed by atoms with van der Waals surface area (Å²) in [5.74, 6) is 0.655. The van der Waals surface area contributed by atoms with Crippen LogP contribution < -0.4 is 4.74 Å². The smallest absolute Gasteiger partial charge is 0.311 e. The van der Waals surface area contributed by atoms with Gasteiger partial charge in [0.05, 0.1) is 12.7 Å². The van der Waals surface area contributed by atoms with Gasteiger partial charge in [-0.1, -0.05) is 26.0 Å². The van der Waals surface area contributed by atoms with Gasteiger partial charge in [0, 0.05) is 32.1 Å². The number of carbonyl (C=O) groups is 2. The number of para-hydroxylation sites is 1. The van der Waals surface area contributed by atoms with Gasteiger partial charge in [-0.3, -0.25) is 9.59 Å². The first kappa shape index (κ1) is 17.9. The van der Waals surface area contributed by atoms with Crippen LogP contribution in [0, 0.1) is 0 Å². The summed E-state index contributed by atoms with van der Waals surface area (Å²) in [7, 11) is 1.54. The number of benzene rings is 1. The van der Waals surface area contributed by atoms with Gasteiger partial charge in [0.25, 0.3) is 5.91 Å². The van der Waals surface area contributed by atoms with Gasteiger partial charge in [-0.25, -0.2) is 0 Å². The molecule has 1 aromatic carbocycles. The van der Waals surface area contributed by atoms with Crippen molar-refractivity contribution in [3.05, 3.63) is 41.6 Å². The lowest BCUT2D eigenvalue weighted by Crippen LogP contribution is -2.50. The third kappa shape index (κ3) is 3.54. The minimum atomic E-state index is -0.297. The summed E-state index contributed by atoms with van der Waals surface area (Å²) < 4.78 is 10.7. The molecule has 0 atom stereocenters. The molecule has 0 spiro atoms. The predicted octanol–water partition coefficient (Wildman–Crippen LogP) is 1.80. The van der Waals surface area contributed by atoms with Crippen LogP contribution in [-0.2, 0) is 0 Å². The summed E-state index contributed by atoms with van der Waals surface area (Å²) >= 11 is 0. The Hall–Kier alpha value is -2.90. The Morgan fingerprint density at radius 2 is 1.65 bits per heavy atom. The van der Waals surface area contributed by atoms with Gasteiger partial charge >= 0.3 is 11.8 Å². The van der Waals surface area contributed by atoms with Crippen molar-refractivity contribution in [1.82, 2.24) is 20.0 Å². The molecule has 0 bridgehead atoms. The number of methoxy groups -OCH3 is 1. The zero-order chi connectivity index (χ0) is 18.7. The Labute approximate surface area is 151 Å². The molecule has 1 fully saturated rings. The maximum Gasteiger partial charge on any atom is 0.311 e. The quantitative estimate of drug-likeness (QED) is 0.828. The molecular formula is C18H22N4O4. The average molecular weight is 358 g/mol. The van der Waals surface area contributed by atoms with Crippen molar-refractivity contribution in [3.63, 3.8) is 0 Å². The highest BCUT2D eigenvalue weighted by molar-refractivity contribution is 5.97. The second kappa shape index (κ2) is 7.55. The lowest BCUT2D eigenvalue weighted by atomic mass is 10.1. The van der Waals surface area contributed by atoms with Gasteiger partial charge in [-0.2, -0.15) is 0 Å². The molecule has 0 aliphatic carbocycles. The van der Waals surface area contributed by atoms with Crippen LogP contribution in [0.5, 0.6) is 5.75 Å². The molecule has 8 heteroatoms.